The molecule has 0 bridgehead atoms. The zero-order valence-electron chi connectivity index (χ0n) is 5.86. The van der Waals surface area contributed by atoms with Crippen molar-refractivity contribution < 1.29 is 0 Å². The van der Waals surface area contributed by atoms with Gasteiger partial charge >= 0.3 is 25.7 Å². The maximum atomic E-state index is 7.26. The molecule has 0 aliphatic heterocycles. The van der Waals surface area contributed by atoms with E-state index in [9.17, 15) is 0 Å². The van der Waals surface area contributed by atoms with Crippen LogP contribution in [-0.4, -0.2) is 20.3 Å². The molecule has 0 radical (unpaired) electrons. The van der Waals surface area contributed by atoms with Gasteiger partial charge in [-0.1, -0.05) is 27.7 Å². The Kier molecular flexibility index (Phi) is 7.19. The van der Waals surface area contributed by atoms with E-state index < -0.39 is 0 Å². The van der Waals surface area contributed by atoms with E-state index in [0.717, 1.165) is 0 Å². The Balaban J connectivity index is 0. The van der Waals surface area contributed by atoms with Gasteiger partial charge in [-0.3, -0.25) is 0 Å². The minimum atomic E-state index is 0.500. The maximum absolute atomic E-state index is 7.26. The number of nitrogens with zero attached hydrogens (tertiary/aromatic N) is 1. The van der Waals surface area contributed by atoms with Crippen LogP contribution in [0.2, 0.25) is 0 Å². The molecule has 0 atom stereocenters. The molecule has 0 aliphatic carbocycles. The molecule has 0 fully saturated rings. The third-order valence-corrected chi connectivity index (χ3v) is 0. The van der Waals surface area contributed by atoms with Gasteiger partial charge in [-0.2, -0.15) is 0 Å². The molecular formula is C6H12NSe-. The molecule has 0 rings (SSSR count). The minimum absolute atomic E-state index is 0.500. The van der Waals surface area contributed by atoms with Crippen molar-refractivity contribution >= 4 is 20.3 Å². The van der Waals surface area contributed by atoms with Gasteiger partial charge in [0, 0.05) is 0 Å². The van der Waals surface area contributed by atoms with Crippen LogP contribution in [-0.2, 0) is 0 Å². The van der Waals surface area contributed by atoms with Crippen LogP contribution in [0, 0.1) is 5.41 Å². The first-order valence-electron chi connectivity index (χ1n) is 2.43. The Morgan fingerprint density at radius 2 is 1.25 bits per heavy atom. The van der Waals surface area contributed by atoms with Crippen LogP contribution in [0.4, 0.5) is 0 Å². The van der Waals surface area contributed by atoms with Crippen molar-refractivity contribution in [2.24, 2.45) is 5.41 Å². The van der Waals surface area contributed by atoms with E-state index in [1.165, 1.54) is 0 Å². The van der Waals surface area contributed by atoms with E-state index in [1.807, 2.05) is 0 Å². The van der Waals surface area contributed by atoms with Crippen molar-refractivity contribution in [2.75, 3.05) is 0 Å². The Morgan fingerprint density at radius 1 is 1.25 bits per heavy atom. The first-order chi connectivity index (χ1) is 3.41. The molecule has 0 unspecified atom stereocenters. The fourth-order valence-electron chi connectivity index (χ4n) is 0. The summed E-state index contributed by atoms with van der Waals surface area (Å²) >= 11 is 2.11. The van der Waals surface area contributed by atoms with Gasteiger partial charge < -0.3 is 0 Å². The average Bonchev–Trinajstić information content (AvgIpc) is 1.27. The predicted octanol–water partition coefficient (Wildman–Crippen LogP) is 1.68. The predicted molar refractivity (Wildman–Crippen MR) is 39.2 cm³/mol. The monoisotopic (exact) mass is 178 g/mol. The fourth-order valence-corrected chi connectivity index (χ4v) is 0. The molecule has 2 heteroatoms. The average molecular weight is 177 g/mol. The van der Waals surface area contributed by atoms with Gasteiger partial charge in [0.2, 0.25) is 0 Å². The van der Waals surface area contributed by atoms with E-state index in [0.29, 0.717) is 5.41 Å². The zero-order chi connectivity index (χ0) is 7.21. The molecule has 0 aromatic rings. The second kappa shape index (κ2) is 5.24. The molecule has 0 saturated carbocycles. The van der Waals surface area contributed by atoms with Crippen molar-refractivity contribution in [3.8, 4) is 0 Å². The van der Waals surface area contributed by atoms with Gasteiger partial charge in [0.1, 0.15) is 0 Å². The summed E-state index contributed by atoms with van der Waals surface area (Å²) in [7, 11) is 0. The van der Waals surface area contributed by atoms with Crippen molar-refractivity contribution in [2.45, 2.75) is 27.7 Å². The van der Waals surface area contributed by atoms with Crippen LogP contribution in [0.5, 0.6) is 0 Å². The van der Waals surface area contributed by atoms with Gasteiger partial charge in [0.15, 0.2) is 0 Å². The SMILES string of the molecule is CC(C)(C)C.[N-]=C=[Se]. The number of hydrogen-bond acceptors (Lipinski definition) is 0. The van der Waals surface area contributed by atoms with E-state index in [-0.39, 0.29) is 0 Å². The van der Waals surface area contributed by atoms with Gasteiger partial charge in [-0.15, -0.1) is 0 Å². The molecule has 0 aromatic heterocycles. The summed E-state index contributed by atoms with van der Waals surface area (Å²) in [5, 5.41) is 7.26. The Labute approximate surface area is 59.4 Å². The van der Waals surface area contributed by atoms with Gasteiger partial charge in [-0.05, 0) is 5.41 Å². The van der Waals surface area contributed by atoms with Gasteiger partial charge in [0.05, 0.1) is 0 Å². The summed E-state index contributed by atoms with van der Waals surface area (Å²) < 4.78 is 1.62. The first kappa shape index (κ1) is 11.0. The van der Waals surface area contributed by atoms with E-state index in [4.69, 9.17) is 5.41 Å². The first-order valence-corrected chi connectivity index (χ1v) is 3.28. The number of hydrogen-bond donors (Lipinski definition) is 0. The summed E-state index contributed by atoms with van der Waals surface area (Å²) in [6, 6.07) is 0. The third kappa shape index (κ3) is 16000. The molecule has 0 amide bonds. The molecule has 0 saturated heterocycles. The molecule has 8 heavy (non-hydrogen) atoms. The molecule has 0 N–H and O–H groups in total. The molecular weight excluding hydrogens is 165 g/mol. The Bertz CT molecular complexity index is 69.0. The van der Waals surface area contributed by atoms with E-state index in [2.05, 4.69) is 43.3 Å². The second-order valence-electron chi connectivity index (χ2n) is 3.09. The summed E-state index contributed by atoms with van der Waals surface area (Å²) in [5.74, 6) is 0. The van der Waals surface area contributed by atoms with E-state index in [1.54, 1.807) is 4.71 Å². The van der Waals surface area contributed by atoms with E-state index >= 15 is 0 Å². The van der Waals surface area contributed by atoms with Crippen LogP contribution < -0.4 is 0 Å². The van der Waals surface area contributed by atoms with Crippen molar-refractivity contribution in [1.29, 1.82) is 0 Å². The zero-order valence-corrected chi connectivity index (χ0v) is 7.57. The van der Waals surface area contributed by atoms with Crippen LogP contribution in [0.15, 0.2) is 0 Å². The van der Waals surface area contributed by atoms with Crippen LogP contribution in [0.25, 0.3) is 5.41 Å². The van der Waals surface area contributed by atoms with Gasteiger partial charge in [-0.25, -0.2) is 0 Å². The standard InChI is InChI=1S/C5H12.CNSe/c1-5(2,3)4;2-1-3/h1-4H3;/q;-1. The number of rotatable bonds is 0. The molecule has 48 valence electrons. The molecule has 0 aliphatic rings. The van der Waals surface area contributed by atoms with Crippen molar-refractivity contribution in [1.82, 2.24) is 0 Å². The van der Waals surface area contributed by atoms with Crippen LogP contribution in [0.3, 0.4) is 0 Å². The summed E-state index contributed by atoms with van der Waals surface area (Å²) in [6.07, 6.45) is 0. The van der Waals surface area contributed by atoms with Crippen LogP contribution in [0.1, 0.15) is 27.7 Å². The Hall–Kier alpha value is 0.0995. The second-order valence-corrected chi connectivity index (χ2v) is 3.47. The molecule has 0 aromatic carbocycles. The van der Waals surface area contributed by atoms with Crippen LogP contribution >= 0.6 is 0 Å². The third-order valence-electron chi connectivity index (χ3n) is 0. The molecule has 0 heterocycles. The normalized spacial score (nSPS) is 8.50. The summed E-state index contributed by atoms with van der Waals surface area (Å²) in [4.78, 5) is 0. The fraction of sp³-hybridized carbons (Fsp3) is 0.833. The topological polar surface area (TPSA) is 22.3 Å². The van der Waals surface area contributed by atoms with Crippen molar-refractivity contribution in [3.05, 3.63) is 5.41 Å². The molecule has 0 spiro atoms. The Morgan fingerprint density at radius 3 is 1.25 bits per heavy atom. The molecule has 1 nitrogen and oxygen atoms in total. The quantitative estimate of drug-likeness (QED) is 0.397. The summed E-state index contributed by atoms with van der Waals surface area (Å²) in [5.41, 5.74) is 0.500. The van der Waals surface area contributed by atoms with Crippen molar-refractivity contribution in [3.63, 3.8) is 0 Å². The van der Waals surface area contributed by atoms with Gasteiger partial charge in [0.25, 0.3) is 0 Å². The summed E-state index contributed by atoms with van der Waals surface area (Å²) in [6.45, 7) is 8.75.